The van der Waals surface area contributed by atoms with Gasteiger partial charge in [0.05, 0.1) is 22.3 Å². The molecule has 2 amide bonds. The molecule has 0 fully saturated rings. The van der Waals surface area contributed by atoms with Crippen LogP contribution in [0, 0.1) is 13.8 Å². The molecule has 2 aromatic rings. The van der Waals surface area contributed by atoms with Crippen LogP contribution in [0.1, 0.15) is 32.0 Å². The standard InChI is InChI=1S/C13H10N2O2/c1-6-3-4-9-8(5-6)11-10(7(2)14-9)12(16)15-13(11)17/h3-5H,1-2H3,(H,15,16,17). The summed E-state index contributed by atoms with van der Waals surface area (Å²) in [5.74, 6) is -0.676. The van der Waals surface area contributed by atoms with Gasteiger partial charge in [-0.25, -0.2) is 0 Å². The minimum absolute atomic E-state index is 0.328. The van der Waals surface area contributed by atoms with Crippen molar-refractivity contribution >= 4 is 22.7 Å². The molecule has 4 nitrogen and oxygen atoms in total. The van der Waals surface area contributed by atoms with Crippen molar-refractivity contribution in [3.8, 4) is 0 Å². The molecule has 1 aliphatic rings. The van der Waals surface area contributed by atoms with Crippen molar-refractivity contribution < 1.29 is 9.59 Å². The van der Waals surface area contributed by atoms with Crippen molar-refractivity contribution in [2.45, 2.75) is 13.8 Å². The molecular formula is C13H10N2O2. The number of rotatable bonds is 0. The Bertz CT molecular complexity index is 689. The second kappa shape index (κ2) is 3.13. The van der Waals surface area contributed by atoms with E-state index >= 15 is 0 Å². The molecule has 1 aromatic carbocycles. The molecule has 1 aromatic heterocycles. The van der Waals surface area contributed by atoms with Crippen molar-refractivity contribution in [3.05, 3.63) is 40.6 Å². The van der Waals surface area contributed by atoms with E-state index in [1.165, 1.54) is 0 Å². The predicted octanol–water partition coefficient (Wildman–Crippen LogP) is 1.74. The number of carbonyl (C=O) groups excluding carboxylic acids is 2. The highest BCUT2D eigenvalue weighted by molar-refractivity contribution is 6.26. The molecule has 2 heterocycles. The van der Waals surface area contributed by atoms with Crippen LogP contribution in [0.3, 0.4) is 0 Å². The molecule has 84 valence electrons. The Morgan fingerprint density at radius 3 is 2.53 bits per heavy atom. The summed E-state index contributed by atoms with van der Waals surface area (Å²) < 4.78 is 0. The second-order valence-electron chi connectivity index (χ2n) is 4.25. The molecule has 0 bridgehead atoms. The van der Waals surface area contributed by atoms with Gasteiger partial charge >= 0.3 is 0 Å². The molecule has 0 atom stereocenters. The van der Waals surface area contributed by atoms with E-state index in [1.54, 1.807) is 6.92 Å². The van der Waals surface area contributed by atoms with Crippen LogP contribution in [0.2, 0.25) is 0 Å². The topological polar surface area (TPSA) is 59.1 Å². The van der Waals surface area contributed by atoms with Crippen LogP contribution in [0.4, 0.5) is 0 Å². The van der Waals surface area contributed by atoms with E-state index in [0.717, 1.165) is 16.5 Å². The zero-order valence-corrected chi connectivity index (χ0v) is 9.50. The summed E-state index contributed by atoms with van der Waals surface area (Å²) in [6.07, 6.45) is 0. The number of imide groups is 1. The maximum absolute atomic E-state index is 11.8. The van der Waals surface area contributed by atoms with E-state index < -0.39 is 0 Å². The Kier molecular flexibility index (Phi) is 1.84. The molecule has 0 saturated carbocycles. The van der Waals surface area contributed by atoms with E-state index in [0.29, 0.717) is 16.8 Å². The van der Waals surface area contributed by atoms with Crippen molar-refractivity contribution in [3.63, 3.8) is 0 Å². The van der Waals surface area contributed by atoms with Crippen LogP contribution < -0.4 is 5.32 Å². The SMILES string of the molecule is Cc1ccc2nc(C)c3c(c2c1)C(=O)NC3=O. The lowest BCUT2D eigenvalue weighted by Crippen LogP contribution is -2.20. The minimum atomic E-state index is -0.349. The van der Waals surface area contributed by atoms with Crippen molar-refractivity contribution in [2.75, 3.05) is 0 Å². The van der Waals surface area contributed by atoms with Crippen molar-refractivity contribution in [1.82, 2.24) is 10.3 Å². The van der Waals surface area contributed by atoms with Crippen LogP contribution in [-0.2, 0) is 0 Å². The normalized spacial score (nSPS) is 14.0. The molecule has 1 N–H and O–H groups in total. The zero-order chi connectivity index (χ0) is 12.2. The fourth-order valence-corrected chi connectivity index (χ4v) is 2.24. The first-order valence-electron chi connectivity index (χ1n) is 5.34. The van der Waals surface area contributed by atoms with Crippen molar-refractivity contribution in [2.24, 2.45) is 0 Å². The number of benzene rings is 1. The van der Waals surface area contributed by atoms with Gasteiger partial charge < -0.3 is 0 Å². The number of nitrogens with one attached hydrogen (secondary N) is 1. The Hall–Kier alpha value is -2.23. The summed E-state index contributed by atoms with van der Waals surface area (Å²) >= 11 is 0. The quantitative estimate of drug-likeness (QED) is 0.696. The predicted molar refractivity (Wildman–Crippen MR) is 63.0 cm³/mol. The highest BCUT2D eigenvalue weighted by Gasteiger charge is 2.31. The summed E-state index contributed by atoms with van der Waals surface area (Å²) in [7, 11) is 0. The van der Waals surface area contributed by atoms with Gasteiger partial charge in [0, 0.05) is 5.39 Å². The fourth-order valence-electron chi connectivity index (χ4n) is 2.24. The first kappa shape index (κ1) is 9.96. The number of aromatic nitrogens is 1. The summed E-state index contributed by atoms with van der Waals surface area (Å²) in [4.78, 5) is 27.8. The Labute approximate surface area is 97.7 Å². The van der Waals surface area contributed by atoms with Crippen LogP contribution in [0.15, 0.2) is 18.2 Å². The first-order valence-corrected chi connectivity index (χ1v) is 5.34. The van der Waals surface area contributed by atoms with Crippen LogP contribution >= 0.6 is 0 Å². The Morgan fingerprint density at radius 1 is 1.06 bits per heavy atom. The molecular weight excluding hydrogens is 216 g/mol. The van der Waals surface area contributed by atoms with E-state index in [1.807, 2.05) is 25.1 Å². The molecule has 0 aliphatic carbocycles. The Morgan fingerprint density at radius 2 is 1.76 bits per heavy atom. The second-order valence-corrected chi connectivity index (χ2v) is 4.25. The fraction of sp³-hybridized carbons (Fsp3) is 0.154. The van der Waals surface area contributed by atoms with Gasteiger partial charge in [0.2, 0.25) is 0 Å². The largest absolute Gasteiger partial charge is 0.288 e. The number of carbonyl (C=O) groups is 2. The zero-order valence-electron chi connectivity index (χ0n) is 9.50. The number of pyridine rings is 1. The summed E-state index contributed by atoms with van der Waals surface area (Å²) in [5, 5.41) is 3.06. The Balaban J connectivity index is 2.53. The van der Waals surface area contributed by atoms with Gasteiger partial charge in [-0.15, -0.1) is 0 Å². The number of hydrogen-bond acceptors (Lipinski definition) is 3. The molecule has 1 aliphatic heterocycles. The number of nitrogens with zero attached hydrogens (tertiary/aromatic N) is 1. The summed E-state index contributed by atoms with van der Waals surface area (Å²) in [6, 6.07) is 5.70. The summed E-state index contributed by atoms with van der Waals surface area (Å²) in [5.41, 5.74) is 3.25. The molecule has 17 heavy (non-hydrogen) atoms. The maximum atomic E-state index is 11.8. The molecule has 0 spiro atoms. The molecule has 3 rings (SSSR count). The highest BCUT2D eigenvalue weighted by atomic mass is 16.2. The number of amides is 2. The van der Waals surface area contributed by atoms with Gasteiger partial charge in [-0.1, -0.05) is 11.6 Å². The van der Waals surface area contributed by atoms with Gasteiger partial charge in [-0.2, -0.15) is 0 Å². The maximum Gasteiger partial charge on any atom is 0.260 e. The molecule has 0 unspecified atom stereocenters. The van der Waals surface area contributed by atoms with Gasteiger partial charge in [-0.05, 0) is 26.0 Å². The third-order valence-corrected chi connectivity index (χ3v) is 3.00. The van der Waals surface area contributed by atoms with Gasteiger partial charge in [0.15, 0.2) is 0 Å². The lowest BCUT2D eigenvalue weighted by atomic mass is 10.0. The third kappa shape index (κ3) is 1.27. The van der Waals surface area contributed by atoms with E-state index in [2.05, 4.69) is 10.3 Å². The third-order valence-electron chi connectivity index (χ3n) is 3.00. The number of fused-ring (bicyclic) bond motifs is 3. The average Bonchev–Trinajstić information content (AvgIpc) is 2.56. The van der Waals surface area contributed by atoms with Crippen LogP contribution in [0.25, 0.3) is 10.9 Å². The lowest BCUT2D eigenvalue weighted by Gasteiger charge is -2.05. The van der Waals surface area contributed by atoms with E-state index in [4.69, 9.17) is 0 Å². The molecule has 4 heteroatoms. The highest BCUT2D eigenvalue weighted by Crippen LogP contribution is 2.27. The van der Waals surface area contributed by atoms with Gasteiger partial charge in [-0.3, -0.25) is 19.9 Å². The summed E-state index contributed by atoms with van der Waals surface area (Å²) in [6.45, 7) is 3.69. The number of aryl methyl sites for hydroxylation is 2. The average molecular weight is 226 g/mol. The first-order chi connectivity index (χ1) is 8.08. The van der Waals surface area contributed by atoms with E-state index in [-0.39, 0.29) is 11.8 Å². The molecule has 0 radical (unpaired) electrons. The van der Waals surface area contributed by atoms with E-state index in [9.17, 15) is 9.59 Å². The monoisotopic (exact) mass is 226 g/mol. The van der Waals surface area contributed by atoms with Gasteiger partial charge in [0.25, 0.3) is 11.8 Å². The van der Waals surface area contributed by atoms with Gasteiger partial charge in [0.1, 0.15) is 0 Å². The van der Waals surface area contributed by atoms with Crippen molar-refractivity contribution in [1.29, 1.82) is 0 Å². The van der Waals surface area contributed by atoms with Crippen LogP contribution in [-0.4, -0.2) is 16.8 Å². The molecule has 0 saturated heterocycles. The lowest BCUT2D eigenvalue weighted by molar-refractivity contribution is 0.0880. The smallest absolute Gasteiger partial charge is 0.260 e. The van der Waals surface area contributed by atoms with Crippen LogP contribution in [0.5, 0.6) is 0 Å². The number of hydrogen-bond donors (Lipinski definition) is 1. The minimum Gasteiger partial charge on any atom is -0.288 e.